The van der Waals surface area contributed by atoms with Gasteiger partial charge in [0.1, 0.15) is 0 Å². The van der Waals surface area contributed by atoms with E-state index >= 15 is 0 Å². The average molecular weight is 247 g/mol. The molecule has 0 atom stereocenters. The molecule has 0 saturated heterocycles. The van der Waals surface area contributed by atoms with E-state index in [9.17, 15) is 0 Å². The minimum Gasteiger partial charge on any atom is -0.0922 e. The normalized spacial score (nSPS) is 36.2. The quantitative estimate of drug-likeness (QED) is 0.593. The van der Waals surface area contributed by atoms with Crippen LogP contribution < -0.4 is 0 Å². The van der Waals surface area contributed by atoms with Crippen LogP contribution in [0.25, 0.3) is 0 Å². The largest absolute Gasteiger partial charge is 0.0922 e. The third-order valence-corrected chi connectivity index (χ3v) is 5.09. The summed E-state index contributed by atoms with van der Waals surface area (Å²) in [5, 5.41) is 1.18. The highest BCUT2D eigenvalue weighted by Crippen LogP contribution is 2.45. The molecule has 0 amide bonds. The molecule has 1 heteroatoms. The van der Waals surface area contributed by atoms with Crippen LogP contribution in [0.2, 0.25) is 0 Å². The molecule has 0 heterocycles. The monoisotopic (exact) mass is 246 g/mol. The lowest BCUT2D eigenvalue weighted by Gasteiger charge is -2.41. The van der Waals surface area contributed by atoms with Crippen LogP contribution in [0.3, 0.4) is 0 Å². The number of hydrogen-bond donors (Lipinski definition) is 0. The van der Waals surface area contributed by atoms with E-state index in [4.69, 9.17) is 0 Å². The van der Waals surface area contributed by atoms with E-state index in [1.165, 1.54) is 31.0 Å². The smallest absolute Gasteiger partial charge is 0.00853 e. The fourth-order valence-corrected chi connectivity index (χ4v) is 2.88. The first-order chi connectivity index (χ1) is 5.87. The summed E-state index contributed by atoms with van der Waals surface area (Å²) in [6.07, 6.45) is 5.65. The van der Waals surface area contributed by atoms with Crippen molar-refractivity contribution in [2.24, 2.45) is 16.7 Å². The summed E-state index contributed by atoms with van der Waals surface area (Å²) in [6, 6.07) is 0. The summed E-state index contributed by atoms with van der Waals surface area (Å²) in [5.74, 6) is 0.944. The maximum absolute atomic E-state index is 3.64. The molecule has 0 spiro atoms. The van der Waals surface area contributed by atoms with Crippen LogP contribution in [-0.4, -0.2) is 5.33 Å². The van der Waals surface area contributed by atoms with Gasteiger partial charge in [-0.25, -0.2) is 0 Å². The Bertz CT molecular complexity index is 158. The van der Waals surface area contributed by atoms with Gasteiger partial charge in [-0.1, -0.05) is 43.6 Å². The summed E-state index contributed by atoms with van der Waals surface area (Å²) in [7, 11) is 0. The van der Waals surface area contributed by atoms with Crippen molar-refractivity contribution in [1.82, 2.24) is 0 Å². The Morgan fingerprint density at radius 1 is 1.23 bits per heavy atom. The molecule has 0 aromatic carbocycles. The fraction of sp³-hybridized carbons (Fsp3) is 1.00. The van der Waals surface area contributed by atoms with Gasteiger partial charge >= 0.3 is 0 Å². The van der Waals surface area contributed by atoms with Gasteiger partial charge in [0.25, 0.3) is 0 Å². The van der Waals surface area contributed by atoms with Crippen molar-refractivity contribution in [3.63, 3.8) is 0 Å². The molecule has 1 rings (SSSR count). The molecule has 78 valence electrons. The first-order valence-electron chi connectivity index (χ1n) is 5.43. The third-order valence-electron chi connectivity index (χ3n) is 3.74. The molecule has 0 aromatic rings. The van der Waals surface area contributed by atoms with Crippen LogP contribution in [0.5, 0.6) is 0 Å². The minimum absolute atomic E-state index is 0.521. The number of rotatable bonds is 1. The Labute approximate surface area is 91.6 Å². The van der Waals surface area contributed by atoms with Crippen LogP contribution in [-0.2, 0) is 0 Å². The molecule has 0 bridgehead atoms. The molecular weight excluding hydrogens is 224 g/mol. The van der Waals surface area contributed by atoms with Gasteiger partial charge in [0, 0.05) is 5.33 Å². The Hall–Kier alpha value is 0.480. The van der Waals surface area contributed by atoms with Crippen molar-refractivity contribution in [2.75, 3.05) is 5.33 Å². The van der Waals surface area contributed by atoms with Gasteiger partial charge in [-0.15, -0.1) is 0 Å². The zero-order chi connectivity index (χ0) is 10.1. The molecule has 1 aliphatic carbocycles. The Balaban J connectivity index is 2.48. The van der Waals surface area contributed by atoms with Gasteiger partial charge < -0.3 is 0 Å². The van der Waals surface area contributed by atoms with Crippen molar-refractivity contribution >= 4 is 15.9 Å². The molecule has 0 N–H and O–H groups in total. The highest BCUT2D eigenvalue weighted by Gasteiger charge is 2.34. The standard InChI is InChI=1S/C12H23Br/c1-11(2,3)10-5-7-12(4,9-13)8-6-10/h10H,5-9H2,1-4H3. The SMILES string of the molecule is CC1(CBr)CCC(C(C)(C)C)CC1. The first kappa shape index (κ1) is 11.6. The molecule has 13 heavy (non-hydrogen) atoms. The van der Waals surface area contributed by atoms with Crippen molar-refractivity contribution in [3.8, 4) is 0 Å². The van der Waals surface area contributed by atoms with Crippen molar-refractivity contribution < 1.29 is 0 Å². The van der Waals surface area contributed by atoms with Gasteiger partial charge in [-0.3, -0.25) is 0 Å². The summed E-state index contributed by atoms with van der Waals surface area (Å²) in [4.78, 5) is 0. The summed E-state index contributed by atoms with van der Waals surface area (Å²) < 4.78 is 0. The molecular formula is C12H23Br. The molecule has 1 aliphatic rings. The summed E-state index contributed by atoms with van der Waals surface area (Å²) in [5.41, 5.74) is 1.11. The predicted octanol–water partition coefficient (Wildman–Crippen LogP) is 4.62. The maximum Gasteiger partial charge on any atom is 0.00853 e. The first-order valence-corrected chi connectivity index (χ1v) is 6.55. The van der Waals surface area contributed by atoms with Gasteiger partial charge in [0.05, 0.1) is 0 Å². The molecule has 0 nitrogen and oxygen atoms in total. The lowest BCUT2D eigenvalue weighted by atomic mass is 9.65. The molecule has 0 aromatic heterocycles. The molecule has 1 saturated carbocycles. The second-order valence-corrected chi connectivity index (χ2v) is 6.65. The zero-order valence-electron chi connectivity index (χ0n) is 9.49. The number of halogens is 1. The fourth-order valence-electron chi connectivity index (χ4n) is 2.31. The third kappa shape index (κ3) is 2.97. The summed E-state index contributed by atoms with van der Waals surface area (Å²) in [6.45, 7) is 9.57. The van der Waals surface area contributed by atoms with Crippen LogP contribution in [0.1, 0.15) is 53.4 Å². The van der Waals surface area contributed by atoms with Crippen LogP contribution in [0.15, 0.2) is 0 Å². The van der Waals surface area contributed by atoms with Crippen molar-refractivity contribution in [1.29, 1.82) is 0 Å². The predicted molar refractivity (Wildman–Crippen MR) is 63.3 cm³/mol. The van der Waals surface area contributed by atoms with E-state index in [1.54, 1.807) is 0 Å². The van der Waals surface area contributed by atoms with Crippen molar-refractivity contribution in [2.45, 2.75) is 53.4 Å². The summed E-state index contributed by atoms with van der Waals surface area (Å²) >= 11 is 3.64. The second kappa shape index (κ2) is 3.92. The van der Waals surface area contributed by atoms with Gasteiger partial charge in [-0.05, 0) is 42.4 Å². The van der Waals surface area contributed by atoms with E-state index in [1.807, 2.05) is 0 Å². The number of alkyl halides is 1. The zero-order valence-corrected chi connectivity index (χ0v) is 11.1. The van der Waals surface area contributed by atoms with Crippen LogP contribution in [0.4, 0.5) is 0 Å². The Morgan fingerprint density at radius 2 is 1.69 bits per heavy atom. The lowest BCUT2D eigenvalue weighted by Crippen LogP contribution is -2.31. The molecule has 0 radical (unpaired) electrons. The van der Waals surface area contributed by atoms with Gasteiger partial charge in [0.15, 0.2) is 0 Å². The molecule has 0 unspecified atom stereocenters. The number of hydrogen-bond acceptors (Lipinski definition) is 0. The van der Waals surface area contributed by atoms with E-state index in [0.29, 0.717) is 10.8 Å². The highest BCUT2D eigenvalue weighted by molar-refractivity contribution is 9.09. The van der Waals surface area contributed by atoms with E-state index < -0.39 is 0 Å². The van der Waals surface area contributed by atoms with Crippen LogP contribution in [0, 0.1) is 16.7 Å². The average Bonchev–Trinajstić information content (AvgIpc) is 2.04. The second-order valence-electron chi connectivity index (χ2n) is 6.08. The maximum atomic E-state index is 3.64. The van der Waals surface area contributed by atoms with Crippen molar-refractivity contribution in [3.05, 3.63) is 0 Å². The Morgan fingerprint density at radius 3 is 2.00 bits per heavy atom. The Kier molecular flexibility index (Phi) is 3.49. The van der Waals surface area contributed by atoms with E-state index in [0.717, 1.165) is 5.92 Å². The highest BCUT2D eigenvalue weighted by atomic mass is 79.9. The van der Waals surface area contributed by atoms with Gasteiger partial charge in [-0.2, -0.15) is 0 Å². The molecule has 0 aliphatic heterocycles. The van der Waals surface area contributed by atoms with Gasteiger partial charge in [0.2, 0.25) is 0 Å². The van der Waals surface area contributed by atoms with E-state index in [2.05, 4.69) is 43.6 Å². The van der Waals surface area contributed by atoms with E-state index in [-0.39, 0.29) is 0 Å². The lowest BCUT2D eigenvalue weighted by molar-refractivity contribution is 0.115. The minimum atomic E-state index is 0.521. The molecule has 1 fully saturated rings. The van der Waals surface area contributed by atoms with Crippen LogP contribution >= 0.6 is 15.9 Å². The topological polar surface area (TPSA) is 0 Å².